The molecule has 0 saturated heterocycles. The minimum atomic E-state index is -0.449. The molecule has 0 fully saturated rings. The van der Waals surface area contributed by atoms with Gasteiger partial charge in [-0.2, -0.15) is 0 Å². The first-order valence-electron chi connectivity index (χ1n) is 7.58. The fourth-order valence-electron chi connectivity index (χ4n) is 1.67. The topological polar surface area (TPSA) is 43.4 Å². The Balaban J connectivity index is 0.000000293. The highest BCUT2D eigenvalue weighted by Crippen LogP contribution is 2.17. The van der Waals surface area contributed by atoms with Gasteiger partial charge in [0.25, 0.3) is 0 Å². The van der Waals surface area contributed by atoms with Crippen LogP contribution in [0.2, 0.25) is 0 Å². The molecule has 3 nitrogen and oxygen atoms in total. The molecule has 5 heteroatoms. The van der Waals surface area contributed by atoms with Gasteiger partial charge < -0.3 is 4.74 Å². The van der Waals surface area contributed by atoms with Crippen LogP contribution in [0.25, 0.3) is 6.08 Å². The second-order valence-corrected chi connectivity index (χ2v) is 7.74. The summed E-state index contributed by atoms with van der Waals surface area (Å²) in [4.78, 5) is 21.6. The van der Waals surface area contributed by atoms with Crippen molar-refractivity contribution in [2.24, 2.45) is 0 Å². The summed E-state index contributed by atoms with van der Waals surface area (Å²) in [6, 6.07) is 15.0. The minimum Gasteiger partial charge on any atom is -0.457 e. The van der Waals surface area contributed by atoms with Crippen molar-refractivity contribution in [1.82, 2.24) is 0 Å². The summed E-state index contributed by atoms with van der Waals surface area (Å²) >= 11 is 6.63. The van der Waals surface area contributed by atoms with E-state index in [1.165, 1.54) is 6.08 Å². The van der Waals surface area contributed by atoms with Crippen molar-refractivity contribution >= 4 is 50.2 Å². The third-order valence-corrected chi connectivity index (χ3v) is 4.19. The number of ether oxygens (including phenoxy) is 1. The number of carbonyl (C=O) groups is 2. The van der Waals surface area contributed by atoms with Crippen molar-refractivity contribution in [1.29, 1.82) is 0 Å². The zero-order valence-corrected chi connectivity index (χ0v) is 17.5. The Hall–Kier alpha value is -1.72. The van der Waals surface area contributed by atoms with Crippen molar-refractivity contribution in [3.05, 3.63) is 74.7 Å². The van der Waals surface area contributed by atoms with Crippen LogP contribution in [-0.2, 0) is 9.53 Å². The molecule has 0 saturated carbocycles. The summed E-state index contributed by atoms with van der Waals surface area (Å²) in [5.41, 5.74) is 1.20. The first-order chi connectivity index (χ1) is 11.7. The average Bonchev–Trinajstić information content (AvgIpc) is 2.53. The molecule has 0 aromatic heterocycles. The third-order valence-electron chi connectivity index (χ3n) is 2.74. The normalized spacial score (nSPS) is 10.8. The van der Waals surface area contributed by atoms with Gasteiger partial charge in [-0.3, -0.25) is 4.79 Å². The molecule has 2 rings (SSSR count). The number of benzene rings is 2. The Morgan fingerprint density at radius 2 is 1.40 bits per heavy atom. The van der Waals surface area contributed by atoms with E-state index in [4.69, 9.17) is 4.74 Å². The van der Waals surface area contributed by atoms with Gasteiger partial charge >= 0.3 is 5.97 Å². The van der Waals surface area contributed by atoms with Crippen LogP contribution in [0, 0.1) is 0 Å². The maximum absolute atomic E-state index is 11.4. The highest BCUT2D eigenvalue weighted by atomic mass is 79.9. The second-order valence-electron chi connectivity index (χ2n) is 6.03. The van der Waals surface area contributed by atoms with Crippen LogP contribution in [-0.4, -0.2) is 17.9 Å². The monoisotopic (exact) mass is 466 g/mol. The molecule has 0 amide bonds. The van der Waals surface area contributed by atoms with E-state index >= 15 is 0 Å². The molecule has 2 aromatic rings. The van der Waals surface area contributed by atoms with Gasteiger partial charge in [0, 0.05) is 20.6 Å². The number of hydrogen-bond donors (Lipinski definition) is 0. The fraction of sp³-hybridized carbons (Fsp3) is 0.200. The van der Waals surface area contributed by atoms with Crippen LogP contribution >= 0.6 is 31.9 Å². The number of carbonyl (C=O) groups excluding carboxylic acids is 2. The van der Waals surface area contributed by atoms with E-state index in [2.05, 4.69) is 31.9 Å². The van der Waals surface area contributed by atoms with E-state index in [1.54, 1.807) is 12.1 Å². The van der Waals surface area contributed by atoms with Crippen molar-refractivity contribution in [3.63, 3.8) is 0 Å². The molecule has 25 heavy (non-hydrogen) atoms. The van der Waals surface area contributed by atoms with Crippen molar-refractivity contribution in [2.75, 3.05) is 0 Å². The van der Waals surface area contributed by atoms with E-state index < -0.39 is 5.60 Å². The molecule has 0 atom stereocenters. The fourth-order valence-corrected chi connectivity index (χ4v) is 2.47. The molecular weight excluding hydrogens is 448 g/mol. The molecule has 0 unspecified atom stereocenters. The summed E-state index contributed by atoms with van der Waals surface area (Å²) in [6.45, 7) is 5.53. The van der Waals surface area contributed by atoms with E-state index in [9.17, 15) is 9.59 Å². The largest absolute Gasteiger partial charge is 0.457 e. The Labute approximate surface area is 165 Å². The number of esters is 1. The van der Waals surface area contributed by atoms with Gasteiger partial charge in [-0.25, -0.2) is 4.79 Å². The Morgan fingerprint density at radius 1 is 0.920 bits per heavy atom. The van der Waals surface area contributed by atoms with Gasteiger partial charge in [0.2, 0.25) is 0 Å². The summed E-state index contributed by atoms with van der Waals surface area (Å²) in [6.07, 6.45) is 3.99. The van der Waals surface area contributed by atoms with Gasteiger partial charge in [-0.05, 0) is 44.5 Å². The summed E-state index contributed by atoms with van der Waals surface area (Å²) < 4.78 is 6.96. The van der Waals surface area contributed by atoms with Crippen LogP contribution in [0.5, 0.6) is 0 Å². The highest BCUT2D eigenvalue weighted by Gasteiger charge is 2.13. The number of rotatable bonds is 3. The lowest BCUT2D eigenvalue weighted by Gasteiger charge is -2.17. The quantitative estimate of drug-likeness (QED) is 0.312. The first kappa shape index (κ1) is 21.3. The van der Waals surface area contributed by atoms with Crippen LogP contribution in [0.3, 0.4) is 0 Å². The minimum absolute atomic E-state index is 0.330. The lowest BCUT2D eigenvalue weighted by molar-refractivity contribution is -0.148. The second kappa shape index (κ2) is 10.3. The molecule has 0 aliphatic carbocycles. The third kappa shape index (κ3) is 8.79. The van der Waals surface area contributed by atoms with E-state index in [0.717, 1.165) is 20.8 Å². The molecule has 0 N–H and O–H groups in total. The van der Waals surface area contributed by atoms with Gasteiger partial charge in [-0.1, -0.05) is 68.3 Å². The van der Waals surface area contributed by atoms with Crippen LogP contribution in [0.1, 0.15) is 36.7 Å². The van der Waals surface area contributed by atoms with Gasteiger partial charge in [-0.15, -0.1) is 0 Å². The molecule has 0 aliphatic heterocycles. The lowest BCUT2D eigenvalue weighted by Crippen LogP contribution is -2.22. The number of halogens is 2. The predicted molar refractivity (Wildman–Crippen MR) is 109 cm³/mol. The number of hydrogen-bond acceptors (Lipinski definition) is 3. The van der Waals surface area contributed by atoms with Crippen molar-refractivity contribution in [2.45, 2.75) is 26.4 Å². The molecule has 2 aromatic carbocycles. The van der Waals surface area contributed by atoms with Crippen LogP contribution in [0.15, 0.2) is 63.6 Å². The Bertz CT molecular complexity index is 747. The first-order valence-corrected chi connectivity index (χ1v) is 9.17. The summed E-state index contributed by atoms with van der Waals surface area (Å²) in [5.74, 6) is -0.330. The van der Waals surface area contributed by atoms with Gasteiger partial charge in [0.1, 0.15) is 5.60 Å². The summed E-state index contributed by atoms with van der Waals surface area (Å²) in [7, 11) is 0. The van der Waals surface area contributed by atoms with Crippen molar-refractivity contribution < 1.29 is 14.3 Å². The van der Waals surface area contributed by atoms with Gasteiger partial charge in [0.05, 0.1) is 0 Å². The number of aldehydes is 1. The average molecular weight is 468 g/mol. The predicted octanol–water partition coefficient (Wildman–Crippen LogP) is 6.07. The van der Waals surface area contributed by atoms with E-state index in [-0.39, 0.29) is 5.97 Å². The molecule has 0 heterocycles. The molecular formula is C20H20Br2O3. The molecule has 0 aliphatic rings. The standard InChI is InChI=1S/C13H15BrO2.C7H5BrO/c1-13(2,3)16-12(15)9-8-10-6-4-5-7-11(10)14;8-7-4-2-1-3-6(7)5-9/h4-9H,1-3H3;1-5H/b9-8+;. The van der Waals surface area contributed by atoms with E-state index in [0.29, 0.717) is 5.56 Å². The summed E-state index contributed by atoms with van der Waals surface area (Å²) in [5, 5.41) is 0. The molecule has 132 valence electrons. The Kier molecular flexibility index (Phi) is 8.79. The van der Waals surface area contributed by atoms with Crippen LogP contribution < -0.4 is 0 Å². The lowest BCUT2D eigenvalue weighted by atomic mass is 10.2. The van der Waals surface area contributed by atoms with Crippen LogP contribution in [0.4, 0.5) is 0 Å². The van der Waals surface area contributed by atoms with Crippen molar-refractivity contribution in [3.8, 4) is 0 Å². The zero-order chi connectivity index (χ0) is 18.9. The molecule has 0 radical (unpaired) electrons. The SMILES string of the molecule is CC(C)(C)OC(=O)/C=C/c1ccccc1Br.O=Cc1ccccc1Br. The molecule has 0 bridgehead atoms. The smallest absolute Gasteiger partial charge is 0.331 e. The molecule has 0 spiro atoms. The van der Waals surface area contributed by atoms with E-state index in [1.807, 2.05) is 63.2 Å². The van der Waals surface area contributed by atoms with Gasteiger partial charge in [0.15, 0.2) is 6.29 Å². The maximum Gasteiger partial charge on any atom is 0.331 e. The highest BCUT2D eigenvalue weighted by molar-refractivity contribution is 9.10. The zero-order valence-electron chi connectivity index (χ0n) is 14.3. The Morgan fingerprint density at radius 3 is 1.80 bits per heavy atom. The maximum atomic E-state index is 11.4.